The highest BCUT2D eigenvalue weighted by molar-refractivity contribution is 7.99. The number of aromatic nitrogens is 3. The zero-order valence-electron chi connectivity index (χ0n) is 15.6. The van der Waals surface area contributed by atoms with Crippen molar-refractivity contribution in [2.45, 2.75) is 18.9 Å². The fourth-order valence-electron chi connectivity index (χ4n) is 2.43. The van der Waals surface area contributed by atoms with Gasteiger partial charge >= 0.3 is 5.97 Å². The van der Waals surface area contributed by atoms with Gasteiger partial charge in [-0.05, 0) is 50.2 Å². The van der Waals surface area contributed by atoms with Crippen LogP contribution in [0.15, 0.2) is 41.4 Å². The molecule has 2 heterocycles. The van der Waals surface area contributed by atoms with E-state index in [1.54, 1.807) is 35.6 Å². The van der Waals surface area contributed by atoms with Crippen molar-refractivity contribution in [1.82, 2.24) is 15.2 Å². The van der Waals surface area contributed by atoms with E-state index in [1.807, 2.05) is 26.0 Å². The molecule has 0 bridgehead atoms. The van der Waals surface area contributed by atoms with Gasteiger partial charge in [0.15, 0.2) is 0 Å². The summed E-state index contributed by atoms with van der Waals surface area (Å²) in [5.41, 5.74) is 2.75. The Kier molecular flexibility index (Phi) is 6.37. The molecule has 7 nitrogen and oxygen atoms in total. The van der Waals surface area contributed by atoms with Gasteiger partial charge in [0.05, 0.1) is 34.0 Å². The van der Waals surface area contributed by atoms with Crippen molar-refractivity contribution in [3.63, 3.8) is 0 Å². The molecular formula is C19H18N4O3S2. The second kappa shape index (κ2) is 8.94. The van der Waals surface area contributed by atoms with E-state index in [4.69, 9.17) is 0 Å². The third-order valence-electron chi connectivity index (χ3n) is 3.72. The number of esters is 1. The number of thioether (sulfide) groups is 1. The van der Waals surface area contributed by atoms with Gasteiger partial charge in [0.1, 0.15) is 10.7 Å². The molecule has 1 aromatic carbocycles. The first kappa shape index (κ1) is 20.0. The molecule has 0 aliphatic heterocycles. The van der Waals surface area contributed by atoms with E-state index in [-0.39, 0.29) is 11.7 Å². The maximum atomic E-state index is 12.1. The number of anilines is 1. The van der Waals surface area contributed by atoms with Gasteiger partial charge in [0.25, 0.3) is 0 Å². The van der Waals surface area contributed by atoms with E-state index in [1.165, 1.54) is 18.9 Å². The van der Waals surface area contributed by atoms with Gasteiger partial charge in [-0.2, -0.15) is 0 Å². The molecule has 0 spiro atoms. The predicted octanol–water partition coefficient (Wildman–Crippen LogP) is 3.73. The van der Waals surface area contributed by atoms with Crippen LogP contribution in [0.1, 0.15) is 21.1 Å². The minimum atomic E-state index is -0.417. The van der Waals surface area contributed by atoms with Crippen LogP contribution in [0.2, 0.25) is 0 Å². The Morgan fingerprint density at radius 3 is 2.43 bits per heavy atom. The molecular weight excluding hydrogens is 396 g/mol. The van der Waals surface area contributed by atoms with Crippen LogP contribution < -0.4 is 5.32 Å². The van der Waals surface area contributed by atoms with Crippen LogP contribution in [0.3, 0.4) is 0 Å². The zero-order valence-corrected chi connectivity index (χ0v) is 17.2. The van der Waals surface area contributed by atoms with Gasteiger partial charge in [-0.1, -0.05) is 11.8 Å². The molecule has 1 N–H and O–H groups in total. The second-order valence-corrected chi connectivity index (χ2v) is 8.01. The van der Waals surface area contributed by atoms with Gasteiger partial charge in [0, 0.05) is 5.69 Å². The molecule has 2 aromatic heterocycles. The third kappa shape index (κ3) is 4.93. The summed E-state index contributed by atoms with van der Waals surface area (Å²) in [6.45, 7) is 3.91. The predicted molar refractivity (Wildman–Crippen MR) is 110 cm³/mol. The first-order valence-corrected chi connectivity index (χ1v) is 10.2. The number of thiazole rings is 1. The molecule has 0 saturated carbocycles. The van der Waals surface area contributed by atoms with Crippen LogP contribution in [-0.2, 0) is 9.53 Å². The standard InChI is InChI=1S/C19H18N4O3S2/c1-11-18(28-12(2)20-11)15-8-9-17(23-22-15)27-10-16(24)21-14-6-4-13(5-7-14)19(25)26-3/h4-9H,10H2,1-3H3,(H,21,24). The van der Waals surface area contributed by atoms with Crippen LogP contribution >= 0.6 is 23.1 Å². The Labute approximate surface area is 170 Å². The van der Waals surface area contributed by atoms with E-state index < -0.39 is 5.97 Å². The maximum Gasteiger partial charge on any atom is 0.337 e. The summed E-state index contributed by atoms with van der Waals surface area (Å²) < 4.78 is 4.64. The third-order valence-corrected chi connectivity index (χ3v) is 5.73. The number of nitrogens with one attached hydrogen (secondary N) is 1. The Morgan fingerprint density at radius 1 is 1.11 bits per heavy atom. The highest BCUT2D eigenvalue weighted by atomic mass is 32.2. The lowest BCUT2D eigenvalue weighted by atomic mass is 10.2. The molecule has 3 aromatic rings. The number of carbonyl (C=O) groups is 2. The smallest absolute Gasteiger partial charge is 0.337 e. The number of benzene rings is 1. The molecule has 0 saturated heterocycles. The molecule has 0 radical (unpaired) electrons. The average Bonchev–Trinajstić information content (AvgIpc) is 3.05. The summed E-state index contributed by atoms with van der Waals surface area (Å²) in [6.07, 6.45) is 0. The Bertz CT molecular complexity index is 985. The van der Waals surface area contributed by atoms with E-state index in [0.717, 1.165) is 21.3 Å². The Morgan fingerprint density at radius 2 is 1.86 bits per heavy atom. The molecule has 1 amide bonds. The van der Waals surface area contributed by atoms with E-state index in [0.29, 0.717) is 16.3 Å². The molecule has 0 atom stereocenters. The van der Waals surface area contributed by atoms with Crippen molar-refractivity contribution in [3.05, 3.63) is 52.7 Å². The van der Waals surface area contributed by atoms with E-state index in [9.17, 15) is 9.59 Å². The molecule has 0 aliphatic carbocycles. The lowest BCUT2D eigenvalue weighted by Crippen LogP contribution is -2.14. The fourth-order valence-corrected chi connectivity index (χ4v) is 3.93. The fraction of sp³-hybridized carbons (Fsp3) is 0.211. The minimum Gasteiger partial charge on any atom is -0.465 e. The Hall–Kier alpha value is -2.78. The normalized spacial score (nSPS) is 10.5. The van der Waals surface area contributed by atoms with Crippen molar-refractivity contribution in [1.29, 1.82) is 0 Å². The largest absolute Gasteiger partial charge is 0.465 e. The first-order valence-electron chi connectivity index (χ1n) is 8.35. The number of hydrogen-bond donors (Lipinski definition) is 1. The molecule has 0 aliphatic rings. The summed E-state index contributed by atoms with van der Waals surface area (Å²) in [6, 6.07) is 10.2. The number of methoxy groups -OCH3 is 1. The summed E-state index contributed by atoms with van der Waals surface area (Å²) in [7, 11) is 1.32. The molecule has 9 heteroatoms. The van der Waals surface area contributed by atoms with Gasteiger partial charge in [-0.15, -0.1) is 21.5 Å². The average molecular weight is 415 g/mol. The lowest BCUT2D eigenvalue weighted by molar-refractivity contribution is -0.113. The van der Waals surface area contributed by atoms with Crippen LogP contribution in [0.5, 0.6) is 0 Å². The van der Waals surface area contributed by atoms with E-state index in [2.05, 4.69) is 25.2 Å². The lowest BCUT2D eigenvalue weighted by Gasteiger charge is -2.06. The molecule has 144 valence electrons. The number of aryl methyl sites for hydroxylation is 2. The monoisotopic (exact) mass is 414 g/mol. The van der Waals surface area contributed by atoms with Crippen molar-refractivity contribution in [3.8, 4) is 10.6 Å². The van der Waals surface area contributed by atoms with Gasteiger partial charge in [-0.25, -0.2) is 9.78 Å². The number of ether oxygens (including phenoxy) is 1. The molecule has 28 heavy (non-hydrogen) atoms. The van der Waals surface area contributed by atoms with Gasteiger partial charge in [0.2, 0.25) is 5.91 Å². The number of carbonyl (C=O) groups excluding carboxylic acids is 2. The summed E-state index contributed by atoms with van der Waals surface area (Å²) in [4.78, 5) is 28.9. The number of rotatable bonds is 6. The number of hydrogen-bond acceptors (Lipinski definition) is 8. The minimum absolute atomic E-state index is 0.171. The highest BCUT2D eigenvalue weighted by Gasteiger charge is 2.11. The van der Waals surface area contributed by atoms with Crippen LogP contribution in [0.4, 0.5) is 5.69 Å². The van der Waals surface area contributed by atoms with Gasteiger partial charge in [-0.3, -0.25) is 4.79 Å². The number of nitrogens with zero attached hydrogens (tertiary/aromatic N) is 3. The van der Waals surface area contributed by atoms with Crippen LogP contribution in [-0.4, -0.2) is 39.9 Å². The Balaban J connectivity index is 1.54. The number of amides is 1. The zero-order chi connectivity index (χ0) is 20.1. The molecule has 3 rings (SSSR count). The highest BCUT2D eigenvalue weighted by Crippen LogP contribution is 2.28. The molecule has 0 unspecified atom stereocenters. The maximum absolute atomic E-state index is 12.1. The summed E-state index contributed by atoms with van der Waals surface area (Å²) in [5.74, 6) is -0.388. The first-order chi connectivity index (χ1) is 13.5. The van der Waals surface area contributed by atoms with E-state index >= 15 is 0 Å². The summed E-state index contributed by atoms with van der Waals surface area (Å²) >= 11 is 2.88. The topological polar surface area (TPSA) is 94.1 Å². The second-order valence-electron chi connectivity index (χ2n) is 5.81. The van der Waals surface area contributed by atoms with Crippen molar-refractivity contribution >= 4 is 40.7 Å². The quantitative estimate of drug-likeness (QED) is 0.485. The molecule has 0 fully saturated rings. The van der Waals surface area contributed by atoms with Crippen LogP contribution in [0, 0.1) is 13.8 Å². The van der Waals surface area contributed by atoms with Gasteiger partial charge < -0.3 is 10.1 Å². The van der Waals surface area contributed by atoms with Crippen LogP contribution in [0.25, 0.3) is 10.6 Å². The van der Waals surface area contributed by atoms with Crippen molar-refractivity contribution in [2.24, 2.45) is 0 Å². The van der Waals surface area contributed by atoms with Crippen molar-refractivity contribution in [2.75, 3.05) is 18.2 Å². The SMILES string of the molecule is COC(=O)c1ccc(NC(=O)CSc2ccc(-c3sc(C)nc3C)nn2)cc1. The van der Waals surface area contributed by atoms with Crippen molar-refractivity contribution < 1.29 is 14.3 Å². The summed E-state index contributed by atoms with van der Waals surface area (Å²) in [5, 5.41) is 12.9.